The highest BCUT2D eigenvalue weighted by molar-refractivity contribution is 7.91. The van der Waals surface area contributed by atoms with Gasteiger partial charge in [-0.3, -0.25) is 0 Å². The lowest BCUT2D eigenvalue weighted by Crippen LogP contribution is -2.12. The fourth-order valence-electron chi connectivity index (χ4n) is 2.42. The van der Waals surface area contributed by atoms with Gasteiger partial charge in [0.1, 0.15) is 0 Å². The van der Waals surface area contributed by atoms with Crippen LogP contribution in [0.4, 0.5) is 0 Å². The maximum Gasteiger partial charge on any atom is 0.267 e. The van der Waals surface area contributed by atoms with Crippen LogP contribution in [0.25, 0.3) is 21.9 Å². The fourth-order valence-corrected chi connectivity index (χ4v) is 3.92. The van der Waals surface area contributed by atoms with E-state index < -0.39 is 10.0 Å². The van der Waals surface area contributed by atoms with E-state index >= 15 is 0 Å². The number of primary sulfonamides is 1. The van der Waals surface area contributed by atoms with Crippen LogP contribution < -0.4 is 5.14 Å². The molecule has 0 unspecified atom stereocenters. The van der Waals surface area contributed by atoms with Gasteiger partial charge in [0.2, 0.25) is 9.30 Å². The number of imidazole rings is 1. The predicted molar refractivity (Wildman–Crippen MR) is 89.5 cm³/mol. The molecule has 4 rings (SSSR count). The predicted octanol–water partition coefficient (Wildman–Crippen LogP) is 1.60. The molecule has 122 valence electrons. The van der Waals surface area contributed by atoms with E-state index in [1.54, 1.807) is 12.4 Å². The molecule has 0 fully saturated rings. The molecule has 10 heteroatoms. The molecule has 0 saturated carbocycles. The number of aromatic nitrogens is 5. The van der Waals surface area contributed by atoms with Gasteiger partial charge >= 0.3 is 0 Å². The Morgan fingerprint density at radius 2 is 1.96 bits per heavy atom. The number of hydrogen-bond donors (Lipinski definition) is 1. The van der Waals surface area contributed by atoms with Gasteiger partial charge in [0.05, 0.1) is 29.5 Å². The van der Waals surface area contributed by atoms with E-state index in [9.17, 15) is 8.42 Å². The fraction of sp³-hybridized carbons (Fsp3) is 0.0714. The monoisotopic (exact) mass is 360 g/mol. The highest BCUT2D eigenvalue weighted by Crippen LogP contribution is 2.27. The van der Waals surface area contributed by atoms with Crippen LogP contribution in [0.2, 0.25) is 0 Å². The number of para-hydroxylation sites is 1. The lowest BCUT2D eigenvalue weighted by molar-refractivity contribution is 0.595. The molecule has 4 aromatic rings. The van der Waals surface area contributed by atoms with Crippen molar-refractivity contribution in [1.29, 1.82) is 0 Å². The number of nitrogens with two attached hydrogens (primary N) is 1. The van der Waals surface area contributed by atoms with E-state index in [2.05, 4.69) is 15.2 Å². The van der Waals surface area contributed by atoms with E-state index in [-0.39, 0.29) is 4.34 Å². The molecule has 0 saturated heterocycles. The van der Waals surface area contributed by atoms with Crippen LogP contribution in [-0.2, 0) is 10.0 Å². The molecular formula is C14H12N6O2S2. The van der Waals surface area contributed by atoms with Crippen molar-refractivity contribution in [3.8, 4) is 16.9 Å². The summed E-state index contributed by atoms with van der Waals surface area (Å²) >= 11 is 0.929. The van der Waals surface area contributed by atoms with E-state index in [1.807, 2.05) is 41.9 Å². The average molecular weight is 360 g/mol. The summed E-state index contributed by atoms with van der Waals surface area (Å²) in [6.45, 7) is 1.95. The van der Waals surface area contributed by atoms with Gasteiger partial charge in [0.25, 0.3) is 10.0 Å². The Labute approximate surface area is 141 Å². The zero-order valence-corrected chi connectivity index (χ0v) is 14.1. The lowest BCUT2D eigenvalue weighted by atomic mass is 10.2. The SMILES string of the molecule is Cc1c(-c2cn3nc(S(N)(=O)=O)sc3n2)cnn1-c1ccccc1. The third-order valence-corrected chi connectivity index (χ3v) is 5.79. The summed E-state index contributed by atoms with van der Waals surface area (Å²) in [4.78, 5) is 4.89. The lowest BCUT2D eigenvalue weighted by Gasteiger charge is -2.04. The van der Waals surface area contributed by atoms with Crippen molar-refractivity contribution in [1.82, 2.24) is 24.4 Å². The Morgan fingerprint density at radius 1 is 1.21 bits per heavy atom. The van der Waals surface area contributed by atoms with Crippen LogP contribution in [0.1, 0.15) is 5.69 Å². The van der Waals surface area contributed by atoms with E-state index in [0.29, 0.717) is 10.7 Å². The van der Waals surface area contributed by atoms with Crippen LogP contribution >= 0.6 is 11.3 Å². The summed E-state index contributed by atoms with van der Waals surface area (Å²) in [6.07, 6.45) is 3.40. The maximum absolute atomic E-state index is 11.3. The average Bonchev–Trinajstić information content (AvgIpc) is 3.19. The minimum atomic E-state index is -3.82. The summed E-state index contributed by atoms with van der Waals surface area (Å²) < 4.78 is 25.8. The molecule has 0 aliphatic carbocycles. The third-order valence-electron chi connectivity index (χ3n) is 3.55. The van der Waals surface area contributed by atoms with Crippen LogP contribution in [0, 0.1) is 6.92 Å². The second-order valence-corrected chi connectivity index (χ2v) is 7.85. The van der Waals surface area contributed by atoms with Crippen molar-refractivity contribution in [2.75, 3.05) is 0 Å². The number of fused-ring (bicyclic) bond motifs is 1. The first-order valence-corrected chi connectivity index (χ1v) is 9.29. The summed E-state index contributed by atoms with van der Waals surface area (Å²) in [7, 11) is -3.82. The molecule has 24 heavy (non-hydrogen) atoms. The molecule has 0 aliphatic heterocycles. The highest BCUT2D eigenvalue weighted by atomic mass is 32.2. The summed E-state index contributed by atoms with van der Waals surface area (Å²) in [5, 5.41) is 13.5. The molecule has 3 heterocycles. The van der Waals surface area contributed by atoms with Crippen molar-refractivity contribution in [3.63, 3.8) is 0 Å². The van der Waals surface area contributed by atoms with E-state index in [4.69, 9.17) is 5.14 Å². The first-order valence-electron chi connectivity index (χ1n) is 6.93. The summed E-state index contributed by atoms with van der Waals surface area (Å²) in [5.74, 6) is 0. The molecule has 0 atom stereocenters. The van der Waals surface area contributed by atoms with Crippen molar-refractivity contribution in [3.05, 3.63) is 48.4 Å². The van der Waals surface area contributed by atoms with Gasteiger partial charge in [-0.1, -0.05) is 29.5 Å². The third kappa shape index (κ3) is 2.40. The maximum atomic E-state index is 11.3. The van der Waals surface area contributed by atoms with Crippen molar-refractivity contribution in [2.45, 2.75) is 11.3 Å². The Morgan fingerprint density at radius 3 is 2.62 bits per heavy atom. The van der Waals surface area contributed by atoms with Gasteiger partial charge in [-0.25, -0.2) is 27.7 Å². The number of rotatable bonds is 3. The standard InChI is InChI=1S/C14H12N6O2S2/c1-9-11(7-16-20(9)10-5-3-2-4-6-10)12-8-19-13(17-12)23-14(18-19)24(15,21)22/h2-8H,1H3,(H2,15,21,22). The second-order valence-electron chi connectivity index (χ2n) is 5.16. The van der Waals surface area contributed by atoms with Crippen LogP contribution in [0.3, 0.4) is 0 Å². The number of sulfonamides is 1. The zero-order valence-electron chi connectivity index (χ0n) is 12.5. The minimum Gasteiger partial charge on any atom is -0.237 e. The van der Waals surface area contributed by atoms with Gasteiger partial charge in [0, 0.05) is 5.56 Å². The van der Waals surface area contributed by atoms with Crippen molar-refractivity contribution < 1.29 is 8.42 Å². The molecular weight excluding hydrogens is 348 g/mol. The minimum absolute atomic E-state index is 0.159. The first-order chi connectivity index (χ1) is 11.4. The molecule has 0 aliphatic rings. The van der Waals surface area contributed by atoms with Crippen molar-refractivity contribution >= 4 is 26.3 Å². The van der Waals surface area contributed by atoms with Gasteiger partial charge in [-0.05, 0) is 19.1 Å². The van der Waals surface area contributed by atoms with Crippen LogP contribution in [-0.4, -0.2) is 32.8 Å². The Bertz CT molecular complexity index is 1110. The molecule has 8 nitrogen and oxygen atoms in total. The molecule has 0 bridgehead atoms. The van der Waals surface area contributed by atoms with Gasteiger partial charge < -0.3 is 0 Å². The van der Waals surface area contributed by atoms with E-state index in [0.717, 1.165) is 28.3 Å². The smallest absolute Gasteiger partial charge is 0.237 e. The van der Waals surface area contributed by atoms with Gasteiger partial charge in [-0.15, -0.1) is 5.10 Å². The number of benzene rings is 1. The normalized spacial score (nSPS) is 12.1. The van der Waals surface area contributed by atoms with Crippen molar-refractivity contribution in [2.24, 2.45) is 5.14 Å². The number of nitrogens with zero attached hydrogens (tertiary/aromatic N) is 5. The first kappa shape index (κ1) is 15.0. The van der Waals surface area contributed by atoms with E-state index in [1.165, 1.54) is 4.52 Å². The van der Waals surface area contributed by atoms with Gasteiger partial charge in [0.15, 0.2) is 0 Å². The largest absolute Gasteiger partial charge is 0.267 e. The van der Waals surface area contributed by atoms with Crippen LogP contribution in [0.15, 0.2) is 47.1 Å². The van der Waals surface area contributed by atoms with Gasteiger partial charge in [-0.2, -0.15) is 5.10 Å². The molecule has 0 spiro atoms. The zero-order chi connectivity index (χ0) is 16.9. The molecule has 1 aromatic carbocycles. The highest BCUT2D eigenvalue weighted by Gasteiger charge is 2.19. The Kier molecular flexibility index (Phi) is 3.27. The molecule has 2 N–H and O–H groups in total. The second kappa shape index (κ2) is 5.23. The molecule has 0 radical (unpaired) electrons. The Hall–Kier alpha value is -2.56. The Balaban J connectivity index is 1.78. The number of hydrogen-bond acceptors (Lipinski definition) is 6. The molecule has 0 amide bonds. The quantitative estimate of drug-likeness (QED) is 0.597. The topological polar surface area (TPSA) is 108 Å². The summed E-state index contributed by atoms with van der Waals surface area (Å²) in [5.41, 5.74) is 3.42. The van der Waals surface area contributed by atoms with Crippen LogP contribution in [0.5, 0.6) is 0 Å². The molecule has 3 aromatic heterocycles. The summed E-state index contributed by atoms with van der Waals surface area (Å²) in [6, 6.07) is 9.77.